The van der Waals surface area contributed by atoms with Crippen molar-refractivity contribution in [1.29, 1.82) is 0 Å². The summed E-state index contributed by atoms with van der Waals surface area (Å²) in [6.45, 7) is 3.66. The molecule has 0 aliphatic heterocycles. The van der Waals surface area contributed by atoms with Crippen molar-refractivity contribution in [3.05, 3.63) is 66.2 Å². The third-order valence-corrected chi connectivity index (χ3v) is 3.57. The van der Waals surface area contributed by atoms with Gasteiger partial charge in [0.15, 0.2) is 5.78 Å². The van der Waals surface area contributed by atoms with Gasteiger partial charge in [-0.15, -0.1) is 0 Å². The maximum atomic E-state index is 12.8. The molecule has 0 unspecified atom stereocenters. The fourth-order valence-electron chi connectivity index (χ4n) is 2.43. The summed E-state index contributed by atoms with van der Waals surface area (Å²) in [5.41, 5.74) is 0.996. The molecule has 2 N–H and O–H groups in total. The van der Waals surface area contributed by atoms with Crippen LogP contribution in [0, 0.1) is 5.92 Å². The molecule has 2 rings (SSSR count). The van der Waals surface area contributed by atoms with Crippen LogP contribution in [0.25, 0.3) is 0 Å². The molecule has 0 saturated carbocycles. The number of ketones is 1. The van der Waals surface area contributed by atoms with Crippen molar-refractivity contribution >= 4 is 23.3 Å². The van der Waals surface area contributed by atoms with E-state index in [-0.39, 0.29) is 24.2 Å². The van der Waals surface area contributed by atoms with Crippen molar-refractivity contribution in [1.82, 2.24) is 5.32 Å². The number of para-hydroxylation sites is 1. The third-order valence-electron chi connectivity index (χ3n) is 3.57. The molecule has 0 radical (unpaired) electrons. The van der Waals surface area contributed by atoms with Gasteiger partial charge in [-0.3, -0.25) is 14.4 Å². The molecule has 2 amide bonds. The van der Waals surface area contributed by atoms with Crippen molar-refractivity contribution in [2.24, 2.45) is 5.92 Å². The van der Waals surface area contributed by atoms with Gasteiger partial charge in [0.25, 0.3) is 0 Å². The van der Waals surface area contributed by atoms with Crippen molar-refractivity contribution < 1.29 is 14.4 Å². The van der Waals surface area contributed by atoms with E-state index in [1.54, 1.807) is 54.6 Å². The molecule has 25 heavy (non-hydrogen) atoms. The van der Waals surface area contributed by atoms with E-state index >= 15 is 0 Å². The lowest BCUT2D eigenvalue weighted by Crippen LogP contribution is -2.37. The molecular weight excluding hydrogens is 316 g/mol. The summed E-state index contributed by atoms with van der Waals surface area (Å²) in [6, 6.07) is 17.4. The van der Waals surface area contributed by atoms with Gasteiger partial charge in [0, 0.05) is 23.7 Å². The van der Waals surface area contributed by atoms with Crippen molar-refractivity contribution in [2.75, 3.05) is 5.32 Å². The zero-order valence-electron chi connectivity index (χ0n) is 14.4. The van der Waals surface area contributed by atoms with Crippen molar-refractivity contribution in [3.63, 3.8) is 0 Å². The molecule has 5 heteroatoms. The minimum absolute atomic E-state index is 0.0582. The van der Waals surface area contributed by atoms with Gasteiger partial charge in [-0.05, 0) is 26.0 Å². The quantitative estimate of drug-likeness (QED) is 0.602. The average Bonchev–Trinajstić information content (AvgIpc) is 2.60. The molecule has 0 saturated heterocycles. The predicted octanol–water partition coefficient (Wildman–Crippen LogP) is 3.04. The van der Waals surface area contributed by atoms with Crippen LogP contribution in [0.3, 0.4) is 0 Å². The van der Waals surface area contributed by atoms with Gasteiger partial charge in [-0.1, -0.05) is 48.5 Å². The minimum Gasteiger partial charge on any atom is -0.354 e. The highest BCUT2D eigenvalue weighted by atomic mass is 16.2. The average molecular weight is 338 g/mol. The second-order valence-corrected chi connectivity index (χ2v) is 6.06. The van der Waals surface area contributed by atoms with E-state index in [0.29, 0.717) is 11.3 Å². The lowest BCUT2D eigenvalue weighted by Gasteiger charge is -2.17. The first-order valence-electron chi connectivity index (χ1n) is 8.22. The molecule has 0 heterocycles. The highest BCUT2D eigenvalue weighted by Gasteiger charge is 2.30. The van der Waals surface area contributed by atoms with Crippen LogP contribution in [-0.2, 0) is 9.59 Å². The standard InChI is InChI=1S/C20H22N2O3/c1-14(2)21-18(23)13-17(19(24)15-9-5-3-6-10-15)20(25)22-16-11-7-4-8-12-16/h3-12,14,17H,13H2,1-2H3,(H,21,23)(H,22,25)/t17-/m0/s1. The molecule has 5 nitrogen and oxygen atoms in total. The van der Waals surface area contributed by atoms with E-state index in [4.69, 9.17) is 0 Å². The van der Waals surface area contributed by atoms with Crippen LogP contribution in [0.5, 0.6) is 0 Å². The highest BCUT2D eigenvalue weighted by Crippen LogP contribution is 2.16. The Labute approximate surface area is 147 Å². The molecule has 0 spiro atoms. The van der Waals surface area contributed by atoms with Gasteiger partial charge < -0.3 is 10.6 Å². The number of carbonyl (C=O) groups excluding carboxylic acids is 3. The second kappa shape index (κ2) is 8.78. The number of hydrogen-bond acceptors (Lipinski definition) is 3. The molecule has 2 aromatic carbocycles. The Hall–Kier alpha value is -2.95. The van der Waals surface area contributed by atoms with Crippen LogP contribution in [0.2, 0.25) is 0 Å². The highest BCUT2D eigenvalue weighted by molar-refractivity contribution is 6.15. The maximum Gasteiger partial charge on any atom is 0.235 e. The SMILES string of the molecule is CC(C)NC(=O)C[C@H](C(=O)Nc1ccccc1)C(=O)c1ccccc1. The Morgan fingerprint density at radius 1 is 0.880 bits per heavy atom. The van der Waals surface area contributed by atoms with Crippen LogP contribution >= 0.6 is 0 Å². The largest absolute Gasteiger partial charge is 0.354 e. The smallest absolute Gasteiger partial charge is 0.235 e. The second-order valence-electron chi connectivity index (χ2n) is 6.06. The fraction of sp³-hybridized carbons (Fsp3) is 0.250. The summed E-state index contributed by atoms with van der Waals surface area (Å²) in [6.07, 6.45) is -0.190. The van der Waals surface area contributed by atoms with E-state index in [2.05, 4.69) is 10.6 Å². The van der Waals surface area contributed by atoms with E-state index in [1.165, 1.54) is 0 Å². The predicted molar refractivity (Wildman–Crippen MR) is 97.2 cm³/mol. The molecule has 0 aliphatic rings. The Morgan fingerprint density at radius 3 is 2.00 bits per heavy atom. The van der Waals surface area contributed by atoms with Gasteiger partial charge >= 0.3 is 0 Å². The van der Waals surface area contributed by atoms with Crippen LogP contribution in [0.4, 0.5) is 5.69 Å². The number of rotatable bonds is 7. The van der Waals surface area contributed by atoms with Gasteiger partial charge in [0.05, 0.1) is 0 Å². The van der Waals surface area contributed by atoms with Gasteiger partial charge in [0.1, 0.15) is 5.92 Å². The maximum absolute atomic E-state index is 12.8. The van der Waals surface area contributed by atoms with E-state index in [9.17, 15) is 14.4 Å². The molecular formula is C20H22N2O3. The minimum atomic E-state index is -1.08. The Bertz CT molecular complexity index is 727. The molecule has 0 aromatic heterocycles. The topological polar surface area (TPSA) is 75.3 Å². The van der Waals surface area contributed by atoms with Crippen LogP contribution in [0.1, 0.15) is 30.6 Å². The summed E-state index contributed by atoms with van der Waals surface area (Å²) in [5.74, 6) is -2.26. The molecule has 1 atom stereocenters. The summed E-state index contributed by atoms with van der Waals surface area (Å²) >= 11 is 0. The first-order valence-corrected chi connectivity index (χ1v) is 8.22. The number of hydrogen-bond donors (Lipinski definition) is 2. The van der Waals surface area contributed by atoms with E-state index in [0.717, 1.165) is 0 Å². The number of amides is 2. The lowest BCUT2D eigenvalue weighted by atomic mass is 9.93. The Kier molecular flexibility index (Phi) is 6.46. The Balaban J connectivity index is 2.20. The first-order chi connectivity index (χ1) is 12.0. The monoisotopic (exact) mass is 338 g/mol. The molecule has 2 aromatic rings. The molecule has 0 bridgehead atoms. The lowest BCUT2D eigenvalue weighted by molar-refractivity contribution is -0.126. The zero-order valence-corrected chi connectivity index (χ0v) is 14.4. The number of Topliss-reactive ketones (excluding diaryl/α,β-unsaturated/α-hetero) is 1. The van der Waals surface area contributed by atoms with Gasteiger partial charge in [0.2, 0.25) is 11.8 Å². The molecule has 130 valence electrons. The number of nitrogens with one attached hydrogen (secondary N) is 2. The fourth-order valence-corrected chi connectivity index (χ4v) is 2.43. The number of benzene rings is 2. The third kappa shape index (κ3) is 5.57. The molecule has 0 fully saturated rings. The normalized spacial score (nSPS) is 11.6. The van der Waals surface area contributed by atoms with Gasteiger partial charge in [-0.2, -0.15) is 0 Å². The van der Waals surface area contributed by atoms with Crippen LogP contribution < -0.4 is 10.6 Å². The molecule has 0 aliphatic carbocycles. The summed E-state index contributed by atoms with van der Waals surface area (Å²) in [4.78, 5) is 37.5. The number of carbonyl (C=O) groups is 3. The number of anilines is 1. The summed E-state index contributed by atoms with van der Waals surface area (Å²) in [5, 5.41) is 5.44. The van der Waals surface area contributed by atoms with Crippen LogP contribution in [0.15, 0.2) is 60.7 Å². The van der Waals surface area contributed by atoms with Crippen molar-refractivity contribution in [2.45, 2.75) is 26.3 Å². The first kappa shape index (κ1) is 18.4. The summed E-state index contributed by atoms with van der Waals surface area (Å²) < 4.78 is 0. The zero-order chi connectivity index (χ0) is 18.2. The van der Waals surface area contributed by atoms with Crippen LogP contribution in [-0.4, -0.2) is 23.6 Å². The van der Waals surface area contributed by atoms with Crippen molar-refractivity contribution in [3.8, 4) is 0 Å². The van der Waals surface area contributed by atoms with E-state index < -0.39 is 11.8 Å². The summed E-state index contributed by atoms with van der Waals surface area (Å²) in [7, 11) is 0. The van der Waals surface area contributed by atoms with E-state index in [1.807, 2.05) is 19.9 Å². The Morgan fingerprint density at radius 2 is 1.44 bits per heavy atom. The van der Waals surface area contributed by atoms with Gasteiger partial charge in [-0.25, -0.2) is 0 Å².